The molecule has 138 valence electrons. The van der Waals surface area contributed by atoms with Gasteiger partial charge in [-0.05, 0) is 42.8 Å². The predicted molar refractivity (Wildman–Crippen MR) is 103 cm³/mol. The van der Waals surface area contributed by atoms with Gasteiger partial charge in [0.15, 0.2) is 0 Å². The molecular formula is C19H24N4O3. The van der Waals surface area contributed by atoms with Crippen LogP contribution in [0, 0.1) is 10.1 Å². The maximum absolute atomic E-state index is 10.6. The Kier molecular flexibility index (Phi) is 7.70. The zero-order valence-corrected chi connectivity index (χ0v) is 14.9. The summed E-state index contributed by atoms with van der Waals surface area (Å²) in [5.41, 5.74) is 2.33. The van der Waals surface area contributed by atoms with E-state index in [9.17, 15) is 15.2 Å². The number of non-ortho nitro benzene ring substituents is 1. The van der Waals surface area contributed by atoms with E-state index in [2.05, 4.69) is 22.1 Å². The zero-order chi connectivity index (χ0) is 18.8. The van der Waals surface area contributed by atoms with Gasteiger partial charge in [-0.1, -0.05) is 19.8 Å². The normalized spacial score (nSPS) is 11.0. The maximum Gasteiger partial charge on any atom is 0.269 e. The van der Waals surface area contributed by atoms with Gasteiger partial charge in [0.05, 0.1) is 22.9 Å². The summed E-state index contributed by atoms with van der Waals surface area (Å²) < 4.78 is 0. The average molecular weight is 356 g/mol. The Bertz CT molecular complexity index is 715. The first-order valence-corrected chi connectivity index (χ1v) is 8.76. The topological polar surface area (TPSA) is 91.3 Å². The summed E-state index contributed by atoms with van der Waals surface area (Å²) in [6.45, 7) is 3.81. The van der Waals surface area contributed by atoms with Crippen LogP contribution in [0.25, 0.3) is 0 Å². The van der Waals surface area contributed by atoms with Gasteiger partial charge in [-0.2, -0.15) is 10.2 Å². The number of hydrogen-bond acceptors (Lipinski definition) is 6. The van der Waals surface area contributed by atoms with Crippen LogP contribution in [0.3, 0.4) is 0 Å². The van der Waals surface area contributed by atoms with Gasteiger partial charge in [0, 0.05) is 30.9 Å². The van der Waals surface area contributed by atoms with Gasteiger partial charge in [-0.25, -0.2) is 0 Å². The minimum atomic E-state index is -0.446. The molecule has 2 rings (SSSR count). The van der Waals surface area contributed by atoms with Crippen LogP contribution in [-0.4, -0.2) is 29.7 Å². The highest BCUT2D eigenvalue weighted by atomic mass is 16.6. The molecule has 7 heteroatoms. The molecule has 0 radical (unpaired) electrons. The van der Waals surface area contributed by atoms with Gasteiger partial charge in [0.2, 0.25) is 0 Å². The standard InChI is InChI=1S/C19H24N4O3/c1-2-3-4-13-22(14-15-24)18-9-5-16(6-10-18)20-21-17-7-11-19(12-8-17)23(25)26/h5-12,24H,2-4,13-15H2,1H3. The first-order valence-electron chi connectivity index (χ1n) is 8.76. The molecule has 0 aliphatic carbocycles. The number of nitrogens with zero attached hydrogens (tertiary/aromatic N) is 4. The van der Waals surface area contributed by atoms with E-state index in [1.165, 1.54) is 18.6 Å². The van der Waals surface area contributed by atoms with Gasteiger partial charge in [0.25, 0.3) is 5.69 Å². The van der Waals surface area contributed by atoms with Crippen LogP contribution < -0.4 is 4.90 Å². The number of rotatable bonds is 10. The molecule has 2 aromatic carbocycles. The average Bonchev–Trinajstić information content (AvgIpc) is 2.66. The number of nitro benzene ring substituents is 1. The molecule has 7 nitrogen and oxygen atoms in total. The Balaban J connectivity index is 2.01. The second-order valence-electron chi connectivity index (χ2n) is 5.91. The second kappa shape index (κ2) is 10.2. The molecule has 0 saturated carbocycles. The third-order valence-electron chi connectivity index (χ3n) is 3.96. The van der Waals surface area contributed by atoms with Crippen molar-refractivity contribution in [3.63, 3.8) is 0 Å². The van der Waals surface area contributed by atoms with E-state index < -0.39 is 4.92 Å². The molecule has 0 aliphatic rings. The highest BCUT2D eigenvalue weighted by molar-refractivity contribution is 5.53. The smallest absolute Gasteiger partial charge is 0.269 e. The van der Waals surface area contributed by atoms with Crippen LogP contribution in [0.2, 0.25) is 0 Å². The Morgan fingerprint density at radius 3 is 2.04 bits per heavy atom. The lowest BCUT2D eigenvalue weighted by atomic mass is 10.2. The predicted octanol–water partition coefficient (Wildman–Crippen LogP) is 5.00. The maximum atomic E-state index is 10.6. The molecule has 0 fully saturated rings. The monoisotopic (exact) mass is 356 g/mol. The molecule has 0 amide bonds. The number of aliphatic hydroxyl groups is 1. The molecule has 2 aromatic rings. The van der Waals surface area contributed by atoms with Crippen LogP contribution >= 0.6 is 0 Å². The summed E-state index contributed by atoms with van der Waals surface area (Å²) in [5.74, 6) is 0. The summed E-state index contributed by atoms with van der Waals surface area (Å²) >= 11 is 0. The largest absolute Gasteiger partial charge is 0.395 e. The summed E-state index contributed by atoms with van der Waals surface area (Å²) in [6, 6.07) is 13.6. The van der Waals surface area contributed by atoms with Crippen molar-refractivity contribution in [1.82, 2.24) is 0 Å². The summed E-state index contributed by atoms with van der Waals surface area (Å²) in [6.07, 6.45) is 3.43. The van der Waals surface area contributed by atoms with Crippen molar-refractivity contribution >= 4 is 22.7 Å². The minimum absolute atomic E-state index is 0.0281. The SMILES string of the molecule is CCCCCN(CCO)c1ccc(N=Nc2ccc([N+](=O)[O-])cc2)cc1. The molecule has 26 heavy (non-hydrogen) atoms. The van der Waals surface area contributed by atoms with Crippen LogP contribution in [-0.2, 0) is 0 Å². The van der Waals surface area contributed by atoms with E-state index in [1.54, 1.807) is 12.1 Å². The van der Waals surface area contributed by atoms with Crippen molar-refractivity contribution in [1.29, 1.82) is 0 Å². The van der Waals surface area contributed by atoms with E-state index in [4.69, 9.17) is 0 Å². The molecule has 0 unspecified atom stereocenters. The van der Waals surface area contributed by atoms with Crippen molar-refractivity contribution in [3.05, 3.63) is 58.6 Å². The fraction of sp³-hybridized carbons (Fsp3) is 0.368. The molecule has 0 aromatic heterocycles. The van der Waals surface area contributed by atoms with Gasteiger partial charge in [0.1, 0.15) is 0 Å². The Labute approximate surface area is 153 Å². The Morgan fingerprint density at radius 2 is 1.54 bits per heavy atom. The van der Waals surface area contributed by atoms with Crippen LogP contribution in [0.15, 0.2) is 58.8 Å². The zero-order valence-electron chi connectivity index (χ0n) is 14.9. The molecule has 0 atom stereocenters. The fourth-order valence-electron chi connectivity index (χ4n) is 2.53. The molecule has 0 aliphatic heterocycles. The van der Waals surface area contributed by atoms with Crippen molar-refractivity contribution in [2.75, 3.05) is 24.6 Å². The number of azo groups is 1. The van der Waals surface area contributed by atoms with Crippen molar-refractivity contribution in [2.24, 2.45) is 10.2 Å². The number of benzene rings is 2. The number of unbranched alkanes of at least 4 members (excludes halogenated alkanes) is 2. The van der Waals surface area contributed by atoms with Crippen molar-refractivity contribution in [3.8, 4) is 0 Å². The first-order chi connectivity index (χ1) is 12.6. The van der Waals surface area contributed by atoms with Crippen LogP contribution in [0.5, 0.6) is 0 Å². The van der Waals surface area contributed by atoms with Gasteiger partial charge in [-0.15, -0.1) is 0 Å². The summed E-state index contributed by atoms with van der Waals surface area (Å²) in [5, 5.41) is 28.2. The molecule has 0 heterocycles. The molecular weight excluding hydrogens is 332 g/mol. The minimum Gasteiger partial charge on any atom is -0.395 e. The lowest BCUT2D eigenvalue weighted by Gasteiger charge is -2.24. The van der Waals surface area contributed by atoms with Gasteiger partial charge >= 0.3 is 0 Å². The van der Waals surface area contributed by atoms with Crippen LogP contribution in [0.1, 0.15) is 26.2 Å². The Hall–Kier alpha value is -2.80. The Morgan fingerprint density at radius 1 is 0.962 bits per heavy atom. The number of anilines is 1. The number of hydrogen-bond donors (Lipinski definition) is 1. The van der Waals surface area contributed by atoms with Gasteiger partial charge in [-0.3, -0.25) is 10.1 Å². The van der Waals surface area contributed by atoms with Crippen molar-refractivity contribution in [2.45, 2.75) is 26.2 Å². The van der Waals surface area contributed by atoms with E-state index in [0.29, 0.717) is 17.9 Å². The number of nitro groups is 1. The van der Waals surface area contributed by atoms with E-state index >= 15 is 0 Å². The van der Waals surface area contributed by atoms with E-state index in [-0.39, 0.29) is 12.3 Å². The lowest BCUT2D eigenvalue weighted by Crippen LogP contribution is -2.27. The molecule has 0 bridgehead atoms. The van der Waals surface area contributed by atoms with Crippen LogP contribution in [0.4, 0.5) is 22.7 Å². The third-order valence-corrected chi connectivity index (χ3v) is 3.96. The fourth-order valence-corrected chi connectivity index (χ4v) is 2.53. The van der Waals surface area contributed by atoms with Gasteiger partial charge < -0.3 is 10.0 Å². The van der Waals surface area contributed by atoms with Crippen molar-refractivity contribution < 1.29 is 10.0 Å². The van der Waals surface area contributed by atoms with E-state index in [1.807, 2.05) is 24.3 Å². The highest BCUT2D eigenvalue weighted by Crippen LogP contribution is 2.24. The third kappa shape index (κ3) is 5.93. The second-order valence-corrected chi connectivity index (χ2v) is 5.91. The highest BCUT2D eigenvalue weighted by Gasteiger charge is 2.06. The quantitative estimate of drug-likeness (QED) is 0.281. The lowest BCUT2D eigenvalue weighted by molar-refractivity contribution is -0.384. The summed E-state index contributed by atoms with van der Waals surface area (Å²) in [7, 11) is 0. The summed E-state index contributed by atoms with van der Waals surface area (Å²) in [4.78, 5) is 12.4. The molecule has 0 saturated heterocycles. The molecule has 1 N–H and O–H groups in total. The first kappa shape index (κ1) is 19.5. The number of aliphatic hydroxyl groups excluding tert-OH is 1. The molecule has 0 spiro atoms. The van der Waals surface area contributed by atoms with E-state index in [0.717, 1.165) is 25.1 Å².